The van der Waals surface area contributed by atoms with Crippen LogP contribution >= 0.6 is 11.6 Å². The summed E-state index contributed by atoms with van der Waals surface area (Å²) >= 11 is 6.13. The molecule has 142 valence electrons. The molecule has 3 amide bonds. The highest BCUT2D eigenvalue weighted by atomic mass is 35.5. The molecule has 0 bridgehead atoms. The van der Waals surface area contributed by atoms with Crippen LogP contribution in [0.3, 0.4) is 0 Å². The number of halogens is 1. The maximum Gasteiger partial charge on any atom is 0.319 e. The molecular formula is C21H24ClN3O2. The van der Waals surface area contributed by atoms with Gasteiger partial charge in [0, 0.05) is 11.7 Å². The molecule has 0 aliphatic heterocycles. The number of benzene rings is 2. The van der Waals surface area contributed by atoms with E-state index in [0.29, 0.717) is 16.3 Å². The summed E-state index contributed by atoms with van der Waals surface area (Å²) in [6.07, 6.45) is 2.98. The summed E-state index contributed by atoms with van der Waals surface area (Å²) in [7, 11) is 0. The maximum atomic E-state index is 12.3. The Morgan fingerprint density at radius 3 is 2.48 bits per heavy atom. The molecule has 1 aliphatic rings. The summed E-state index contributed by atoms with van der Waals surface area (Å²) in [6.45, 7) is 4.03. The number of urea groups is 1. The molecule has 1 saturated carbocycles. The van der Waals surface area contributed by atoms with Gasteiger partial charge < -0.3 is 16.0 Å². The highest BCUT2D eigenvalue weighted by molar-refractivity contribution is 6.34. The van der Waals surface area contributed by atoms with Gasteiger partial charge in [0.25, 0.3) is 5.91 Å². The molecule has 6 heteroatoms. The quantitative estimate of drug-likeness (QED) is 0.675. The lowest BCUT2D eigenvalue weighted by Gasteiger charge is -2.16. The van der Waals surface area contributed by atoms with E-state index in [-0.39, 0.29) is 24.0 Å². The van der Waals surface area contributed by atoms with Gasteiger partial charge in [-0.3, -0.25) is 4.79 Å². The lowest BCUT2D eigenvalue weighted by Crippen LogP contribution is -2.31. The van der Waals surface area contributed by atoms with Gasteiger partial charge in [0.05, 0.1) is 16.6 Å². The number of hydrogen-bond donors (Lipinski definition) is 3. The Labute approximate surface area is 164 Å². The third kappa shape index (κ3) is 5.23. The molecular weight excluding hydrogens is 362 g/mol. The predicted molar refractivity (Wildman–Crippen MR) is 108 cm³/mol. The predicted octanol–water partition coefficient (Wildman–Crippen LogP) is 4.68. The minimum Gasteiger partial charge on any atom is -0.349 e. The van der Waals surface area contributed by atoms with Crippen molar-refractivity contribution in [3.63, 3.8) is 0 Å². The lowest BCUT2D eigenvalue weighted by atomic mass is 10.1. The van der Waals surface area contributed by atoms with Crippen molar-refractivity contribution in [1.82, 2.24) is 10.6 Å². The first-order chi connectivity index (χ1) is 13.0. The second kappa shape index (κ2) is 8.44. The molecule has 2 aromatic carbocycles. The molecule has 0 aromatic heterocycles. The molecule has 0 radical (unpaired) electrons. The number of rotatable bonds is 6. The fourth-order valence-electron chi connectivity index (χ4n) is 2.76. The van der Waals surface area contributed by atoms with E-state index in [1.165, 1.54) is 5.56 Å². The second-order valence-electron chi connectivity index (χ2n) is 6.86. The van der Waals surface area contributed by atoms with Crippen LogP contribution in [-0.2, 0) is 6.42 Å². The van der Waals surface area contributed by atoms with Crippen molar-refractivity contribution in [2.45, 2.75) is 45.2 Å². The van der Waals surface area contributed by atoms with Crippen LogP contribution in [0.25, 0.3) is 0 Å². The Morgan fingerprint density at radius 1 is 1.15 bits per heavy atom. The lowest BCUT2D eigenvalue weighted by molar-refractivity contribution is 0.0951. The van der Waals surface area contributed by atoms with Gasteiger partial charge in [-0.25, -0.2) is 4.79 Å². The number of aryl methyl sites for hydroxylation is 1. The molecule has 1 fully saturated rings. The van der Waals surface area contributed by atoms with Gasteiger partial charge in [0.2, 0.25) is 0 Å². The topological polar surface area (TPSA) is 70.2 Å². The van der Waals surface area contributed by atoms with E-state index in [9.17, 15) is 9.59 Å². The summed E-state index contributed by atoms with van der Waals surface area (Å²) in [5, 5.41) is 8.94. The number of carbonyl (C=O) groups is 2. The van der Waals surface area contributed by atoms with Gasteiger partial charge in [-0.05, 0) is 55.5 Å². The third-order valence-corrected chi connectivity index (χ3v) is 4.95. The van der Waals surface area contributed by atoms with Crippen LogP contribution in [0, 0.1) is 0 Å². The average molecular weight is 386 g/mol. The summed E-state index contributed by atoms with van der Waals surface area (Å²) < 4.78 is 0. The van der Waals surface area contributed by atoms with E-state index in [1.807, 2.05) is 19.1 Å². The van der Waals surface area contributed by atoms with Crippen molar-refractivity contribution in [3.8, 4) is 0 Å². The van der Waals surface area contributed by atoms with Crippen molar-refractivity contribution in [3.05, 3.63) is 64.2 Å². The first-order valence-electron chi connectivity index (χ1n) is 9.23. The molecule has 3 rings (SSSR count). The standard InChI is InChI=1S/C21H24ClN3O2/c1-3-14-4-6-15(7-5-14)13(2)23-21(27)25-17-10-11-19(22)18(12-17)20(26)24-16-8-9-16/h4-7,10-13,16H,3,8-9H2,1-2H3,(H,24,26)(H2,23,25,27). The Bertz CT molecular complexity index is 832. The van der Waals surface area contributed by atoms with Crippen LogP contribution in [0.15, 0.2) is 42.5 Å². The van der Waals surface area contributed by atoms with Crippen molar-refractivity contribution in [2.24, 2.45) is 0 Å². The van der Waals surface area contributed by atoms with Crippen LogP contribution in [0.5, 0.6) is 0 Å². The molecule has 27 heavy (non-hydrogen) atoms. The molecule has 1 atom stereocenters. The van der Waals surface area contributed by atoms with Crippen LogP contribution in [-0.4, -0.2) is 18.0 Å². The summed E-state index contributed by atoms with van der Waals surface area (Å²) in [5.41, 5.74) is 3.17. The van der Waals surface area contributed by atoms with Gasteiger partial charge >= 0.3 is 6.03 Å². The molecule has 5 nitrogen and oxygen atoms in total. The van der Waals surface area contributed by atoms with Crippen molar-refractivity contribution >= 4 is 29.2 Å². The summed E-state index contributed by atoms with van der Waals surface area (Å²) in [6, 6.07) is 12.8. The molecule has 2 aromatic rings. The van der Waals surface area contributed by atoms with Gasteiger partial charge in [-0.15, -0.1) is 0 Å². The number of carbonyl (C=O) groups excluding carboxylic acids is 2. The van der Waals surface area contributed by atoms with Crippen molar-refractivity contribution in [1.29, 1.82) is 0 Å². The van der Waals surface area contributed by atoms with Gasteiger partial charge in [-0.2, -0.15) is 0 Å². The smallest absolute Gasteiger partial charge is 0.319 e. The molecule has 1 unspecified atom stereocenters. The molecule has 0 spiro atoms. The zero-order valence-electron chi connectivity index (χ0n) is 15.5. The maximum absolute atomic E-state index is 12.3. The second-order valence-corrected chi connectivity index (χ2v) is 7.26. The molecule has 1 aliphatic carbocycles. The minimum atomic E-state index is -0.335. The first-order valence-corrected chi connectivity index (χ1v) is 9.61. The molecule has 0 saturated heterocycles. The van der Waals surface area contributed by atoms with E-state index in [0.717, 1.165) is 24.8 Å². The average Bonchev–Trinajstić information content (AvgIpc) is 3.47. The SMILES string of the molecule is CCc1ccc(C(C)NC(=O)Nc2ccc(Cl)c(C(=O)NC3CC3)c2)cc1. The number of nitrogens with one attached hydrogen (secondary N) is 3. The summed E-state index contributed by atoms with van der Waals surface area (Å²) in [5.74, 6) is -0.212. The third-order valence-electron chi connectivity index (χ3n) is 4.62. The highest BCUT2D eigenvalue weighted by Crippen LogP contribution is 2.24. The minimum absolute atomic E-state index is 0.138. The first kappa shape index (κ1) is 19.2. The van der Waals surface area contributed by atoms with Gasteiger partial charge in [-0.1, -0.05) is 42.8 Å². The zero-order valence-corrected chi connectivity index (χ0v) is 16.3. The van der Waals surface area contributed by atoms with Crippen LogP contribution < -0.4 is 16.0 Å². The number of hydrogen-bond acceptors (Lipinski definition) is 2. The number of amides is 3. The van der Waals surface area contributed by atoms with Crippen molar-refractivity contribution in [2.75, 3.05) is 5.32 Å². The Kier molecular flexibility index (Phi) is 6.01. The van der Waals surface area contributed by atoms with E-state index in [1.54, 1.807) is 18.2 Å². The fourth-order valence-corrected chi connectivity index (χ4v) is 2.96. The van der Waals surface area contributed by atoms with E-state index >= 15 is 0 Å². The fraction of sp³-hybridized carbons (Fsp3) is 0.333. The normalized spacial score (nSPS) is 14.3. The van der Waals surface area contributed by atoms with Gasteiger partial charge in [0.15, 0.2) is 0 Å². The highest BCUT2D eigenvalue weighted by Gasteiger charge is 2.25. The summed E-state index contributed by atoms with van der Waals surface area (Å²) in [4.78, 5) is 24.6. The Hall–Kier alpha value is -2.53. The van der Waals surface area contributed by atoms with Gasteiger partial charge in [0.1, 0.15) is 0 Å². The number of anilines is 1. The molecule has 3 N–H and O–H groups in total. The van der Waals surface area contributed by atoms with E-state index in [4.69, 9.17) is 11.6 Å². The Balaban J connectivity index is 1.61. The van der Waals surface area contributed by atoms with Crippen LogP contribution in [0.4, 0.5) is 10.5 Å². The molecule has 0 heterocycles. The van der Waals surface area contributed by atoms with E-state index in [2.05, 4.69) is 35.0 Å². The van der Waals surface area contributed by atoms with Crippen LogP contribution in [0.1, 0.15) is 54.2 Å². The Morgan fingerprint density at radius 2 is 1.85 bits per heavy atom. The monoisotopic (exact) mass is 385 g/mol. The van der Waals surface area contributed by atoms with Crippen molar-refractivity contribution < 1.29 is 9.59 Å². The van der Waals surface area contributed by atoms with E-state index < -0.39 is 0 Å². The van der Waals surface area contributed by atoms with Crippen LogP contribution in [0.2, 0.25) is 5.02 Å². The zero-order chi connectivity index (χ0) is 19.4. The largest absolute Gasteiger partial charge is 0.349 e.